The third kappa shape index (κ3) is 2.88. The smallest absolute Gasteiger partial charge is 0.123 e. The fourth-order valence-electron chi connectivity index (χ4n) is 1.11. The normalized spacial score (nSPS) is 9.93. The van der Waals surface area contributed by atoms with Crippen molar-refractivity contribution >= 4 is 0 Å². The molecule has 0 fully saturated rings. The van der Waals surface area contributed by atoms with Crippen LogP contribution in [0.2, 0.25) is 0 Å². The van der Waals surface area contributed by atoms with Gasteiger partial charge in [-0.2, -0.15) is 0 Å². The number of rotatable bonds is 5. The van der Waals surface area contributed by atoms with Crippen molar-refractivity contribution in [3.05, 3.63) is 23.8 Å². The Labute approximate surface area is 82.6 Å². The average Bonchev–Trinajstić information content (AvgIpc) is 2.25. The number of ether oxygens (including phenoxy) is 2. The van der Waals surface area contributed by atoms with Gasteiger partial charge >= 0.3 is 0 Å². The zero-order valence-corrected chi connectivity index (χ0v) is 8.13. The molecule has 14 heavy (non-hydrogen) atoms. The fraction of sp³-hybridized carbons (Fsp3) is 0.400. The quantitative estimate of drug-likeness (QED) is 0.781. The maximum absolute atomic E-state index is 11.9. The second-order valence-corrected chi connectivity index (χ2v) is 2.76. The highest BCUT2D eigenvalue weighted by Crippen LogP contribution is 2.22. The summed E-state index contributed by atoms with van der Waals surface area (Å²) >= 11 is 0. The molecule has 0 aliphatic carbocycles. The summed E-state index contributed by atoms with van der Waals surface area (Å²) in [5.41, 5.74) is 6.39. The van der Waals surface area contributed by atoms with E-state index >= 15 is 0 Å². The second-order valence-electron chi connectivity index (χ2n) is 2.76. The van der Waals surface area contributed by atoms with Crippen LogP contribution in [0.15, 0.2) is 18.2 Å². The molecule has 0 bridgehead atoms. The molecular weight excluding hydrogens is 185 g/mol. The summed E-state index contributed by atoms with van der Waals surface area (Å²) in [6.07, 6.45) is 0. The Morgan fingerprint density at radius 3 is 2.57 bits per heavy atom. The first-order valence-corrected chi connectivity index (χ1v) is 4.37. The molecule has 3 nitrogen and oxygen atoms in total. The Morgan fingerprint density at radius 1 is 1.29 bits per heavy atom. The molecule has 0 aliphatic heterocycles. The molecule has 1 aromatic carbocycles. The number of hydrogen-bond donors (Lipinski definition) is 1. The van der Waals surface area contributed by atoms with E-state index in [1.165, 1.54) is 0 Å². The Hall–Kier alpha value is -1.29. The highest BCUT2D eigenvalue weighted by atomic mass is 19.1. The number of alkyl halides is 1. The van der Waals surface area contributed by atoms with Gasteiger partial charge in [0.05, 0.1) is 7.11 Å². The van der Waals surface area contributed by atoms with Crippen molar-refractivity contribution in [3.63, 3.8) is 0 Å². The van der Waals surface area contributed by atoms with Crippen molar-refractivity contribution in [2.75, 3.05) is 20.4 Å². The van der Waals surface area contributed by atoms with Crippen molar-refractivity contribution in [2.45, 2.75) is 6.54 Å². The molecule has 0 amide bonds. The summed E-state index contributed by atoms with van der Waals surface area (Å²) in [6.45, 7) is -0.0461. The Kier molecular flexibility index (Phi) is 4.19. The minimum absolute atomic E-state index is 0.0528. The molecular formula is C10H14FNO2. The van der Waals surface area contributed by atoms with E-state index in [2.05, 4.69) is 0 Å². The SMILES string of the molecule is COc1cc(CN)cc(OCCF)c1. The van der Waals surface area contributed by atoms with E-state index < -0.39 is 6.67 Å². The van der Waals surface area contributed by atoms with Gasteiger partial charge in [-0.3, -0.25) is 0 Å². The van der Waals surface area contributed by atoms with Crippen LogP contribution in [0.4, 0.5) is 4.39 Å². The number of methoxy groups -OCH3 is 1. The fourth-order valence-corrected chi connectivity index (χ4v) is 1.11. The van der Waals surface area contributed by atoms with Crippen LogP contribution < -0.4 is 15.2 Å². The lowest BCUT2D eigenvalue weighted by molar-refractivity contribution is 0.271. The minimum Gasteiger partial charge on any atom is -0.497 e. The van der Waals surface area contributed by atoms with Gasteiger partial charge in [-0.15, -0.1) is 0 Å². The standard InChI is InChI=1S/C10H14FNO2/c1-13-9-4-8(7-12)5-10(6-9)14-3-2-11/h4-6H,2-3,7,12H2,1H3. The molecule has 0 saturated heterocycles. The summed E-state index contributed by atoms with van der Waals surface area (Å²) in [7, 11) is 1.56. The van der Waals surface area contributed by atoms with Gasteiger partial charge in [0, 0.05) is 12.6 Å². The van der Waals surface area contributed by atoms with Crippen LogP contribution in [-0.2, 0) is 6.54 Å². The topological polar surface area (TPSA) is 44.5 Å². The predicted octanol–water partition coefficient (Wildman–Crippen LogP) is 1.50. The molecule has 0 heterocycles. The Morgan fingerprint density at radius 2 is 2.00 bits per heavy atom. The van der Waals surface area contributed by atoms with Gasteiger partial charge in [-0.25, -0.2) is 4.39 Å². The van der Waals surface area contributed by atoms with E-state index in [1.54, 1.807) is 19.2 Å². The largest absolute Gasteiger partial charge is 0.497 e. The highest BCUT2D eigenvalue weighted by molar-refractivity contribution is 5.38. The van der Waals surface area contributed by atoms with Crippen molar-refractivity contribution in [1.82, 2.24) is 0 Å². The molecule has 4 heteroatoms. The second kappa shape index (κ2) is 5.44. The molecule has 0 radical (unpaired) electrons. The van der Waals surface area contributed by atoms with Crippen LogP contribution >= 0.6 is 0 Å². The lowest BCUT2D eigenvalue weighted by Gasteiger charge is -2.08. The summed E-state index contributed by atoms with van der Waals surface area (Å²) in [6, 6.07) is 5.30. The molecule has 1 rings (SSSR count). The number of halogens is 1. The van der Waals surface area contributed by atoms with Crippen molar-refractivity contribution in [2.24, 2.45) is 5.73 Å². The van der Waals surface area contributed by atoms with E-state index in [-0.39, 0.29) is 6.61 Å². The van der Waals surface area contributed by atoms with Gasteiger partial charge in [0.1, 0.15) is 24.8 Å². The van der Waals surface area contributed by atoms with Gasteiger partial charge in [0.25, 0.3) is 0 Å². The van der Waals surface area contributed by atoms with E-state index in [4.69, 9.17) is 15.2 Å². The van der Waals surface area contributed by atoms with E-state index in [9.17, 15) is 4.39 Å². The van der Waals surface area contributed by atoms with E-state index in [0.29, 0.717) is 18.0 Å². The summed E-state index contributed by atoms with van der Waals surface area (Å²) in [5.74, 6) is 1.25. The summed E-state index contributed by atoms with van der Waals surface area (Å²) < 4.78 is 22.0. The maximum Gasteiger partial charge on any atom is 0.123 e. The molecule has 1 aromatic rings. The average molecular weight is 199 g/mol. The zero-order valence-electron chi connectivity index (χ0n) is 8.13. The predicted molar refractivity (Wildman–Crippen MR) is 52.4 cm³/mol. The molecule has 0 unspecified atom stereocenters. The van der Waals surface area contributed by atoms with E-state index in [1.807, 2.05) is 6.07 Å². The molecule has 2 N–H and O–H groups in total. The molecule has 0 aromatic heterocycles. The van der Waals surface area contributed by atoms with Gasteiger partial charge in [-0.1, -0.05) is 0 Å². The van der Waals surface area contributed by atoms with E-state index in [0.717, 1.165) is 5.56 Å². The summed E-state index contributed by atoms with van der Waals surface area (Å²) in [4.78, 5) is 0. The first-order chi connectivity index (χ1) is 6.80. The van der Waals surface area contributed by atoms with Crippen LogP contribution in [-0.4, -0.2) is 20.4 Å². The van der Waals surface area contributed by atoms with Gasteiger partial charge < -0.3 is 15.2 Å². The molecule has 0 atom stereocenters. The van der Waals surface area contributed by atoms with Crippen LogP contribution in [0.25, 0.3) is 0 Å². The Bertz CT molecular complexity index is 269. The van der Waals surface area contributed by atoms with Gasteiger partial charge in [-0.05, 0) is 17.7 Å². The van der Waals surface area contributed by atoms with Crippen LogP contribution in [0.5, 0.6) is 11.5 Å². The first kappa shape index (κ1) is 10.8. The maximum atomic E-state index is 11.9. The zero-order chi connectivity index (χ0) is 10.4. The highest BCUT2D eigenvalue weighted by Gasteiger charge is 2.01. The first-order valence-electron chi connectivity index (χ1n) is 4.37. The number of hydrogen-bond acceptors (Lipinski definition) is 3. The van der Waals surface area contributed by atoms with Crippen molar-refractivity contribution in [1.29, 1.82) is 0 Å². The molecule has 78 valence electrons. The van der Waals surface area contributed by atoms with Crippen molar-refractivity contribution < 1.29 is 13.9 Å². The monoisotopic (exact) mass is 199 g/mol. The van der Waals surface area contributed by atoms with Gasteiger partial charge in [0.15, 0.2) is 0 Å². The number of benzene rings is 1. The molecule has 0 aliphatic rings. The molecule has 0 spiro atoms. The lowest BCUT2D eigenvalue weighted by atomic mass is 10.2. The third-order valence-electron chi connectivity index (χ3n) is 1.76. The third-order valence-corrected chi connectivity index (χ3v) is 1.76. The van der Waals surface area contributed by atoms with Crippen LogP contribution in [0.3, 0.4) is 0 Å². The number of nitrogens with two attached hydrogens (primary N) is 1. The van der Waals surface area contributed by atoms with Gasteiger partial charge in [0.2, 0.25) is 0 Å². The van der Waals surface area contributed by atoms with Crippen LogP contribution in [0.1, 0.15) is 5.56 Å². The lowest BCUT2D eigenvalue weighted by Crippen LogP contribution is -2.02. The Balaban J connectivity index is 2.81. The van der Waals surface area contributed by atoms with Crippen LogP contribution in [0, 0.1) is 0 Å². The summed E-state index contributed by atoms with van der Waals surface area (Å²) in [5, 5.41) is 0. The minimum atomic E-state index is -0.505. The molecule has 0 saturated carbocycles. The van der Waals surface area contributed by atoms with Crippen molar-refractivity contribution in [3.8, 4) is 11.5 Å².